The van der Waals surface area contributed by atoms with Gasteiger partial charge in [-0.2, -0.15) is 0 Å². The molecule has 0 spiro atoms. The Kier molecular flexibility index (Phi) is 8.28. The van der Waals surface area contributed by atoms with E-state index in [0.717, 1.165) is 55.7 Å². The Morgan fingerprint density at radius 2 is 1.76 bits per heavy atom. The van der Waals surface area contributed by atoms with E-state index in [9.17, 15) is 4.79 Å². The molecule has 10 nitrogen and oxygen atoms in total. The van der Waals surface area contributed by atoms with Crippen molar-refractivity contribution in [1.29, 1.82) is 0 Å². The van der Waals surface area contributed by atoms with Crippen LogP contribution in [0.5, 0.6) is 11.6 Å². The monoisotopic (exact) mass is 607 g/mol. The third-order valence-corrected chi connectivity index (χ3v) is 8.26. The molecule has 1 N–H and O–H groups in total. The number of aryl methyl sites for hydroxylation is 1. The van der Waals surface area contributed by atoms with E-state index >= 15 is 0 Å². The molecule has 42 heavy (non-hydrogen) atoms. The molecule has 0 radical (unpaired) electrons. The van der Waals surface area contributed by atoms with Crippen LogP contribution in [0.25, 0.3) is 11.3 Å². The zero-order chi connectivity index (χ0) is 29.2. The van der Waals surface area contributed by atoms with E-state index in [2.05, 4.69) is 24.8 Å². The number of hydrogen-bond donors (Lipinski definition) is 1. The van der Waals surface area contributed by atoms with Gasteiger partial charge in [-0.3, -0.25) is 9.69 Å². The van der Waals surface area contributed by atoms with Crippen molar-refractivity contribution in [1.82, 2.24) is 29.4 Å². The standard InChI is InChI=1S/C30H31Cl2N7O3/c1-37-18-35-25-4-7-39(17-27(25)37)30-33-14-24(15-34-30)42-28-9-20(16-38-5-2-19(3-6-38)10-29(40)41)8-26(36-28)21-11-22(31)13-23(32)12-21/h8-9,11-15,18-19H,2-7,10,16-17H2,1H3,(H,40,41). The fraction of sp³-hybridized carbons (Fsp3) is 0.367. The zero-order valence-electron chi connectivity index (χ0n) is 23.2. The summed E-state index contributed by atoms with van der Waals surface area (Å²) in [5.74, 6) is 1.01. The van der Waals surface area contributed by atoms with E-state index in [1.165, 1.54) is 5.69 Å². The molecule has 2 aliphatic heterocycles. The Labute approximate surface area is 253 Å². The van der Waals surface area contributed by atoms with Crippen molar-refractivity contribution >= 4 is 35.1 Å². The number of rotatable bonds is 8. The summed E-state index contributed by atoms with van der Waals surface area (Å²) in [5.41, 5.74) is 4.78. The number of likely N-dealkylation sites (tertiary alicyclic amines) is 1. The third kappa shape index (κ3) is 6.67. The number of benzene rings is 1. The van der Waals surface area contributed by atoms with Crippen LogP contribution in [0, 0.1) is 5.92 Å². The summed E-state index contributed by atoms with van der Waals surface area (Å²) < 4.78 is 8.22. The van der Waals surface area contributed by atoms with Gasteiger partial charge in [0.2, 0.25) is 11.8 Å². The summed E-state index contributed by atoms with van der Waals surface area (Å²) in [6, 6.07) is 9.27. The Bertz CT molecular complexity index is 1570. The van der Waals surface area contributed by atoms with Crippen molar-refractivity contribution < 1.29 is 14.6 Å². The van der Waals surface area contributed by atoms with Crippen molar-refractivity contribution in [3.05, 3.63) is 76.0 Å². The molecule has 1 fully saturated rings. The minimum atomic E-state index is -0.732. The second-order valence-corrected chi connectivity index (χ2v) is 11.8. The number of fused-ring (bicyclic) bond motifs is 1. The summed E-state index contributed by atoms with van der Waals surface area (Å²) in [4.78, 5) is 34.0. The highest BCUT2D eigenvalue weighted by atomic mass is 35.5. The van der Waals surface area contributed by atoms with Crippen LogP contribution in [0.2, 0.25) is 10.0 Å². The van der Waals surface area contributed by atoms with Crippen LogP contribution in [0.3, 0.4) is 0 Å². The number of halogens is 2. The lowest BCUT2D eigenvalue weighted by Crippen LogP contribution is -2.33. The number of ether oxygens (including phenoxy) is 1. The molecule has 2 aliphatic rings. The topological polar surface area (TPSA) is 110 Å². The smallest absolute Gasteiger partial charge is 0.303 e. The summed E-state index contributed by atoms with van der Waals surface area (Å²) in [6.07, 6.45) is 7.98. The van der Waals surface area contributed by atoms with Gasteiger partial charge in [0, 0.05) is 54.7 Å². The number of piperidine rings is 1. The fourth-order valence-corrected chi connectivity index (χ4v) is 6.17. The molecule has 0 atom stereocenters. The Morgan fingerprint density at radius 1 is 1.02 bits per heavy atom. The first kappa shape index (κ1) is 28.4. The van der Waals surface area contributed by atoms with Crippen LogP contribution in [-0.4, -0.2) is 60.1 Å². The largest absolute Gasteiger partial charge is 0.481 e. The van der Waals surface area contributed by atoms with Crippen molar-refractivity contribution in [3.8, 4) is 22.9 Å². The van der Waals surface area contributed by atoms with Crippen LogP contribution in [0.15, 0.2) is 49.1 Å². The number of imidazole rings is 1. The van der Waals surface area contributed by atoms with Crippen molar-refractivity contribution in [2.24, 2.45) is 13.0 Å². The molecule has 1 aromatic carbocycles. The maximum atomic E-state index is 11.1. The quantitative estimate of drug-likeness (QED) is 0.273. The molecule has 0 aliphatic carbocycles. The van der Waals surface area contributed by atoms with Gasteiger partial charge in [-0.1, -0.05) is 23.2 Å². The van der Waals surface area contributed by atoms with Gasteiger partial charge in [0.15, 0.2) is 5.75 Å². The molecule has 6 rings (SSSR count). The number of anilines is 1. The third-order valence-electron chi connectivity index (χ3n) is 7.82. The molecule has 3 aromatic heterocycles. The molecule has 0 unspecified atom stereocenters. The normalized spacial score (nSPS) is 15.9. The lowest BCUT2D eigenvalue weighted by molar-refractivity contribution is -0.138. The highest BCUT2D eigenvalue weighted by Gasteiger charge is 2.23. The second kappa shape index (κ2) is 12.2. The maximum Gasteiger partial charge on any atom is 0.303 e. The van der Waals surface area contributed by atoms with E-state index < -0.39 is 5.97 Å². The summed E-state index contributed by atoms with van der Waals surface area (Å²) in [5, 5.41) is 10.2. The number of aliphatic carboxylic acids is 1. The number of carboxylic acids is 1. The van der Waals surface area contributed by atoms with Gasteiger partial charge in [0.25, 0.3) is 0 Å². The van der Waals surface area contributed by atoms with Gasteiger partial charge in [0.05, 0.1) is 42.3 Å². The van der Waals surface area contributed by atoms with E-state index in [1.807, 2.05) is 42.2 Å². The van der Waals surface area contributed by atoms with Crippen LogP contribution >= 0.6 is 23.2 Å². The Hall–Kier alpha value is -3.73. The minimum absolute atomic E-state index is 0.221. The number of carbonyl (C=O) groups is 1. The van der Waals surface area contributed by atoms with Crippen LogP contribution < -0.4 is 9.64 Å². The Morgan fingerprint density at radius 3 is 2.48 bits per heavy atom. The number of pyridine rings is 1. The molecule has 0 saturated carbocycles. The zero-order valence-corrected chi connectivity index (χ0v) is 24.7. The summed E-state index contributed by atoms with van der Waals surface area (Å²) in [7, 11) is 2.00. The average Bonchev–Trinajstić information content (AvgIpc) is 3.33. The van der Waals surface area contributed by atoms with Crippen LogP contribution in [0.1, 0.15) is 36.2 Å². The van der Waals surface area contributed by atoms with Crippen LogP contribution in [0.4, 0.5) is 5.95 Å². The van der Waals surface area contributed by atoms with Gasteiger partial charge < -0.3 is 19.3 Å². The molecular formula is C30H31Cl2N7O3. The van der Waals surface area contributed by atoms with Crippen molar-refractivity contribution in [2.75, 3.05) is 24.5 Å². The van der Waals surface area contributed by atoms with E-state index in [1.54, 1.807) is 18.5 Å². The summed E-state index contributed by atoms with van der Waals surface area (Å²) >= 11 is 12.6. The number of carboxylic acid groups (broad SMARTS) is 1. The maximum absolute atomic E-state index is 11.1. The predicted octanol–water partition coefficient (Wildman–Crippen LogP) is 5.62. The SMILES string of the molecule is Cn1cnc2c1CN(c1ncc(Oc3cc(CN4CCC(CC(=O)O)CC4)cc(-c4cc(Cl)cc(Cl)c4)n3)cn1)CC2. The van der Waals surface area contributed by atoms with Crippen molar-refractivity contribution in [2.45, 2.75) is 38.8 Å². The molecule has 218 valence electrons. The lowest BCUT2D eigenvalue weighted by Gasteiger charge is -2.31. The lowest BCUT2D eigenvalue weighted by atomic mass is 9.93. The predicted molar refractivity (Wildman–Crippen MR) is 160 cm³/mol. The molecular weight excluding hydrogens is 577 g/mol. The summed E-state index contributed by atoms with van der Waals surface area (Å²) in [6.45, 7) is 3.85. The van der Waals surface area contributed by atoms with Gasteiger partial charge in [-0.15, -0.1) is 0 Å². The Balaban J connectivity index is 1.21. The highest BCUT2D eigenvalue weighted by molar-refractivity contribution is 6.35. The number of hydrogen-bond acceptors (Lipinski definition) is 8. The van der Waals surface area contributed by atoms with Gasteiger partial charge in [-0.25, -0.2) is 19.9 Å². The van der Waals surface area contributed by atoms with Crippen LogP contribution in [-0.2, 0) is 31.4 Å². The van der Waals surface area contributed by atoms with Gasteiger partial charge in [0.1, 0.15) is 0 Å². The first-order chi connectivity index (χ1) is 20.3. The molecule has 12 heteroatoms. The highest BCUT2D eigenvalue weighted by Crippen LogP contribution is 2.31. The molecule has 1 saturated heterocycles. The second-order valence-electron chi connectivity index (χ2n) is 10.9. The van der Waals surface area contributed by atoms with E-state index in [4.69, 9.17) is 38.0 Å². The molecule has 0 bridgehead atoms. The molecule has 4 aromatic rings. The van der Waals surface area contributed by atoms with Gasteiger partial charge in [-0.05, 0) is 61.7 Å². The van der Waals surface area contributed by atoms with E-state index in [0.29, 0.717) is 46.4 Å². The average molecular weight is 609 g/mol. The van der Waals surface area contributed by atoms with Gasteiger partial charge >= 0.3 is 5.97 Å². The molecule has 0 amide bonds. The number of aromatic nitrogens is 5. The van der Waals surface area contributed by atoms with E-state index in [-0.39, 0.29) is 12.3 Å². The first-order valence-corrected chi connectivity index (χ1v) is 14.7. The fourth-order valence-electron chi connectivity index (χ4n) is 5.64. The van der Waals surface area contributed by atoms with Crippen molar-refractivity contribution in [3.63, 3.8) is 0 Å². The molecule has 5 heterocycles. The first-order valence-electron chi connectivity index (χ1n) is 13.9. The number of nitrogens with zero attached hydrogens (tertiary/aromatic N) is 7. The minimum Gasteiger partial charge on any atom is -0.481 e.